The highest BCUT2D eigenvalue weighted by molar-refractivity contribution is 5.78. The molecule has 20 heavy (non-hydrogen) atoms. The van der Waals surface area contributed by atoms with E-state index in [2.05, 4.69) is 45.3 Å². The summed E-state index contributed by atoms with van der Waals surface area (Å²) in [5.74, 6) is 0.688. The Morgan fingerprint density at radius 3 is 2.20 bits per heavy atom. The molecule has 0 radical (unpaired) electrons. The fourth-order valence-corrected chi connectivity index (χ4v) is 1.97. The molecule has 0 spiro atoms. The minimum Gasteiger partial charge on any atom is -0.225 e. The van der Waals surface area contributed by atoms with Gasteiger partial charge in [0.05, 0.1) is 0 Å². The van der Waals surface area contributed by atoms with E-state index >= 15 is 0 Å². The summed E-state index contributed by atoms with van der Waals surface area (Å²) in [4.78, 5) is 12.3. The summed E-state index contributed by atoms with van der Waals surface area (Å²) in [6.07, 6.45) is 7.19. The summed E-state index contributed by atoms with van der Waals surface area (Å²) in [7, 11) is 0. The van der Waals surface area contributed by atoms with E-state index in [-0.39, 0.29) is 0 Å². The molecule has 0 amide bonds. The molecule has 0 aliphatic rings. The van der Waals surface area contributed by atoms with Gasteiger partial charge in [0.15, 0.2) is 5.82 Å². The molecule has 3 rings (SSSR count). The topological polar surface area (TPSA) is 38.7 Å². The second-order valence-corrected chi connectivity index (χ2v) is 4.29. The summed E-state index contributed by atoms with van der Waals surface area (Å²) in [5.41, 5.74) is 3.25. The van der Waals surface area contributed by atoms with Gasteiger partial charge in [-0.2, -0.15) is 0 Å². The zero-order valence-corrected chi connectivity index (χ0v) is 10.8. The van der Waals surface area contributed by atoms with Crippen LogP contribution in [0.4, 0.5) is 0 Å². The Hall–Kier alpha value is -2.81. The van der Waals surface area contributed by atoms with Crippen molar-refractivity contribution < 1.29 is 0 Å². The van der Waals surface area contributed by atoms with Crippen molar-refractivity contribution in [3.63, 3.8) is 0 Å². The normalized spacial score (nSPS) is 10.8. The first-order chi connectivity index (χ1) is 9.93. The SMILES string of the molecule is C(=C\c1ccccc1-c1ncncn1)/c1ccccc1. The highest BCUT2D eigenvalue weighted by Crippen LogP contribution is 2.21. The lowest BCUT2D eigenvalue weighted by atomic mass is 10.1. The molecular formula is C17H13N3. The van der Waals surface area contributed by atoms with E-state index in [9.17, 15) is 0 Å². The lowest BCUT2D eigenvalue weighted by molar-refractivity contribution is 1.06. The third-order valence-electron chi connectivity index (χ3n) is 2.95. The second-order valence-electron chi connectivity index (χ2n) is 4.29. The zero-order valence-electron chi connectivity index (χ0n) is 10.8. The maximum atomic E-state index is 4.21. The molecule has 0 bridgehead atoms. The van der Waals surface area contributed by atoms with Gasteiger partial charge in [-0.1, -0.05) is 66.7 Å². The molecule has 0 aliphatic heterocycles. The van der Waals surface area contributed by atoms with Crippen LogP contribution in [0.3, 0.4) is 0 Å². The predicted octanol–water partition coefficient (Wildman–Crippen LogP) is 3.71. The Morgan fingerprint density at radius 2 is 1.40 bits per heavy atom. The predicted molar refractivity (Wildman–Crippen MR) is 80.6 cm³/mol. The molecule has 96 valence electrons. The molecule has 0 fully saturated rings. The van der Waals surface area contributed by atoms with Crippen molar-refractivity contribution in [2.45, 2.75) is 0 Å². The van der Waals surface area contributed by atoms with Crippen LogP contribution >= 0.6 is 0 Å². The minimum atomic E-state index is 0.688. The van der Waals surface area contributed by atoms with Crippen LogP contribution in [0.5, 0.6) is 0 Å². The fraction of sp³-hybridized carbons (Fsp3) is 0. The standard InChI is InChI=1S/C17H13N3/c1-2-6-14(7-3-1)10-11-15-8-4-5-9-16(15)17-19-12-18-13-20-17/h1-13H/b11-10+. The van der Waals surface area contributed by atoms with Crippen molar-refractivity contribution in [2.24, 2.45) is 0 Å². The number of nitrogens with zero attached hydrogens (tertiary/aromatic N) is 3. The van der Waals surface area contributed by atoms with Gasteiger partial charge in [-0.25, -0.2) is 15.0 Å². The minimum absolute atomic E-state index is 0.688. The van der Waals surface area contributed by atoms with Gasteiger partial charge in [0.25, 0.3) is 0 Å². The van der Waals surface area contributed by atoms with E-state index in [0.29, 0.717) is 5.82 Å². The molecular weight excluding hydrogens is 246 g/mol. The van der Waals surface area contributed by atoms with Crippen molar-refractivity contribution in [3.8, 4) is 11.4 Å². The Morgan fingerprint density at radius 1 is 0.700 bits per heavy atom. The Bertz CT molecular complexity index is 707. The Labute approximate surface area is 117 Å². The molecule has 0 atom stereocenters. The summed E-state index contributed by atoms with van der Waals surface area (Å²) in [5, 5.41) is 0. The number of aromatic nitrogens is 3. The maximum Gasteiger partial charge on any atom is 0.163 e. The number of benzene rings is 2. The van der Waals surface area contributed by atoms with Gasteiger partial charge < -0.3 is 0 Å². The van der Waals surface area contributed by atoms with Crippen molar-refractivity contribution >= 4 is 12.2 Å². The van der Waals surface area contributed by atoms with Crippen molar-refractivity contribution in [1.29, 1.82) is 0 Å². The second kappa shape index (κ2) is 5.89. The molecule has 0 saturated carbocycles. The molecule has 2 aromatic carbocycles. The van der Waals surface area contributed by atoms with Gasteiger partial charge in [0.2, 0.25) is 0 Å². The quantitative estimate of drug-likeness (QED) is 0.673. The van der Waals surface area contributed by atoms with Crippen LogP contribution in [-0.2, 0) is 0 Å². The van der Waals surface area contributed by atoms with Crippen LogP contribution in [0.15, 0.2) is 67.3 Å². The van der Waals surface area contributed by atoms with Gasteiger partial charge >= 0.3 is 0 Å². The van der Waals surface area contributed by atoms with Gasteiger partial charge in [0.1, 0.15) is 12.7 Å². The monoisotopic (exact) mass is 259 g/mol. The largest absolute Gasteiger partial charge is 0.225 e. The number of hydrogen-bond donors (Lipinski definition) is 0. The first-order valence-electron chi connectivity index (χ1n) is 6.38. The molecule has 1 aromatic heterocycles. The first kappa shape index (κ1) is 12.2. The van der Waals surface area contributed by atoms with Crippen LogP contribution in [0.2, 0.25) is 0 Å². The molecule has 3 heteroatoms. The van der Waals surface area contributed by atoms with Crippen LogP contribution < -0.4 is 0 Å². The molecule has 3 aromatic rings. The first-order valence-corrected chi connectivity index (χ1v) is 6.38. The van der Waals surface area contributed by atoms with Gasteiger partial charge in [0, 0.05) is 5.56 Å². The molecule has 3 nitrogen and oxygen atoms in total. The van der Waals surface area contributed by atoms with E-state index in [1.165, 1.54) is 12.7 Å². The van der Waals surface area contributed by atoms with Crippen molar-refractivity contribution in [1.82, 2.24) is 15.0 Å². The van der Waals surface area contributed by atoms with Gasteiger partial charge in [-0.05, 0) is 11.1 Å². The molecule has 0 unspecified atom stereocenters. The van der Waals surface area contributed by atoms with Gasteiger partial charge in [-0.3, -0.25) is 0 Å². The van der Waals surface area contributed by atoms with Crippen LogP contribution in [0.25, 0.3) is 23.5 Å². The third-order valence-corrected chi connectivity index (χ3v) is 2.95. The molecule has 0 saturated heterocycles. The van der Waals surface area contributed by atoms with Crippen LogP contribution in [0.1, 0.15) is 11.1 Å². The lowest BCUT2D eigenvalue weighted by Gasteiger charge is -2.03. The van der Waals surface area contributed by atoms with E-state index in [1.54, 1.807) is 0 Å². The van der Waals surface area contributed by atoms with Crippen LogP contribution in [-0.4, -0.2) is 15.0 Å². The zero-order chi connectivity index (χ0) is 13.6. The third kappa shape index (κ3) is 2.78. The number of hydrogen-bond acceptors (Lipinski definition) is 3. The lowest BCUT2D eigenvalue weighted by Crippen LogP contribution is -1.91. The molecule has 0 N–H and O–H groups in total. The highest BCUT2D eigenvalue weighted by Gasteiger charge is 2.03. The summed E-state index contributed by atoms with van der Waals surface area (Å²) >= 11 is 0. The van der Waals surface area contributed by atoms with E-state index in [1.807, 2.05) is 36.4 Å². The summed E-state index contributed by atoms with van der Waals surface area (Å²) in [6, 6.07) is 18.3. The highest BCUT2D eigenvalue weighted by atomic mass is 15.0. The van der Waals surface area contributed by atoms with Crippen molar-refractivity contribution in [2.75, 3.05) is 0 Å². The smallest absolute Gasteiger partial charge is 0.163 e. The Kier molecular flexibility index (Phi) is 3.60. The van der Waals surface area contributed by atoms with Crippen molar-refractivity contribution in [3.05, 3.63) is 78.4 Å². The van der Waals surface area contributed by atoms with Gasteiger partial charge in [-0.15, -0.1) is 0 Å². The van der Waals surface area contributed by atoms with E-state index in [0.717, 1.165) is 16.7 Å². The molecule has 0 aliphatic carbocycles. The van der Waals surface area contributed by atoms with E-state index in [4.69, 9.17) is 0 Å². The average Bonchev–Trinajstić information content (AvgIpc) is 2.55. The molecule has 1 heterocycles. The Balaban J connectivity index is 1.97. The summed E-state index contributed by atoms with van der Waals surface area (Å²) < 4.78 is 0. The number of rotatable bonds is 3. The average molecular weight is 259 g/mol. The van der Waals surface area contributed by atoms with Crippen LogP contribution in [0, 0.1) is 0 Å². The maximum absolute atomic E-state index is 4.21. The van der Waals surface area contributed by atoms with E-state index < -0.39 is 0 Å². The fourth-order valence-electron chi connectivity index (χ4n) is 1.97. The summed E-state index contributed by atoms with van der Waals surface area (Å²) in [6.45, 7) is 0.